The lowest BCUT2D eigenvalue weighted by atomic mass is 9.94. The summed E-state index contributed by atoms with van der Waals surface area (Å²) in [6.07, 6.45) is -0.410. The molecule has 4 aromatic rings. The number of nitrogens with two attached hydrogens (primary N) is 2. The highest BCUT2D eigenvalue weighted by molar-refractivity contribution is 7.98. The Labute approximate surface area is 832 Å². The first-order valence-electron chi connectivity index (χ1n) is 47.0. The van der Waals surface area contributed by atoms with E-state index in [1.807, 2.05) is 0 Å². The number of rotatable bonds is 45. The molecule has 26 N–H and O–H groups in total. The number of phenolic OH excluding ortho intramolecular Hbond substituents is 1. The average molecular weight is 2030 g/mol. The van der Waals surface area contributed by atoms with Crippen LogP contribution < -0.4 is 102 Å². The van der Waals surface area contributed by atoms with Gasteiger partial charge in [-0.05, 0) is 97.1 Å². The first kappa shape index (κ1) is 116. The van der Waals surface area contributed by atoms with Gasteiger partial charge in [0.1, 0.15) is 103 Å². The average Bonchev–Trinajstić information content (AvgIpc) is 1.61. The molecule has 21 amide bonds. The maximum atomic E-state index is 15.4. The predicted octanol–water partition coefficient (Wildman–Crippen LogP) is -7.27. The number of carboxylic acid groups (broad SMARTS) is 2. The van der Waals surface area contributed by atoms with Crippen molar-refractivity contribution < 1.29 is 131 Å². The summed E-state index contributed by atoms with van der Waals surface area (Å²) in [5.74, 6) is -26.9. The lowest BCUT2D eigenvalue weighted by Gasteiger charge is -2.32. The normalized spacial score (nSPS) is 20.0. The number of hydrogen-bond acceptors (Lipinski definition) is 27. The first-order chi connectivity index (χ1) is 68.4. The molecule has 1 aromatic heterocycles. The minimum Gasteiger partial charge on any atom is -0.508 e. The number of aliphatic carboxylic acids is 2. The van der Waals surface area contributed by atoms with Gasteiger partial charge < -0.3 is 137 Å². The topological polar surface area (TPSA) is 765 Å². The summed E-state index contributed by atoms with van der Waals surface area (Å²) >= 11 is 1.29. The van der Waals surface area contributed by atoms with Gasteiger partial charge in [-0.15, -0.1) is 0 Å². The van der Waals surface area contributed by atoms with E-state index in [9.17, 15) is 107 Å². The third kappa shape index (κ3) is 37.0. The minimum absolute atomic E-state index is 0.00778. The Kier molecular flexibility index (Phi) is 46.3. The van der Waals surface area contributed by atoms with E-state index in [0.29, 0.717) is 16.7 Å². The number of nitrogens with zero attached hydrogens (tertiary/aromatic N) is 3. The molecule has 144 heavy (non-hydrogen) atoms. The Morgan fingerprint density at radius 3 is 1.56 bits per heavy atom. The molecule has 0 radical (unpaired) electrons. The molecule has 3 fully saturated rings. The van der Waals surface area contributed by atoms with Gasteiger partial charge in [0.15, 0.2) is 0 Å². The molecule has 3 aliphatic rings. The number of benzene rings is 3. The van der Waals surface area contributed by atoms with Crippen molar-refractivity contribution in [3.05, 3.63) is 120 Å². The molecule has 3 saturated heterocycles. The predicted molar refractivity (Wildman–Crippen MR) is 512 cm³/mol. The first-order valence-corrected chi connectivity index (χ1v) is 48.4. The highest BCUT2D eigenvalue weighted by Crippen LogP contribution is 2.24. The number of aromatic nitrogens is 2. The lowest BCUT2D eigenvalue weighted by molar-refractivity contribution is -0.143. The summed E-state index contributed by atoms with van der Waals surface area (Å²) in [7, 11) is 0. The number of hydrogen-bond donors (Lipinski definition) is 24. The van der Waals surface area contributed by atoms with E-state index in [1.165, 1.54) is 62.4 Å². The summed E-state index contributed by atoms with van der Waals surface area (Å²) in [4.78, 5) is 330. The maximum absolute atomic E-state index is 15.4. The molecule has 50 nitrogen and oxygen atoms in total. The molecule has 51 heteroatoms. The Hall–Kier alpha value is -15.2. The number of amides is 21. The van der Waals surface area contributed by atoms with Gasteiger partial charge in [-0.25, -0.2) is 4.98 Å². The monoisotopic (exact) mass is 2030 g/mol. The third-order valence-corrected chi connectivity index (χ3v) is 24.8. The van der Waals surface area contributed by atoms with Crippen molar-refractivity contribution >= 4 is 148 Å². The van der Waals surface area contributed by atoms with Crippen molar-refractivity contribution in [1.29, 1.82) is 0 Å². The van der Waals surface area contributed by atoms with Gasteiger partial charge in [0.25, 0.3) is 0 Å². The summed E-state index contributed by atoms with van der Waals surface area (Å²) < 4.78 is 0. The summed E-state index contributed by atoms with van der Waals surface area (Å²) in [5, 5.41) is 80.9. The molecular weight excluding hydrogens is 1900 g/mol. The fourth-order valence-electron chi connectivity index (χ4n) is 15.9. The Morgan fingerprint density at radius 1 is 0.500 bits per heavy atom. The molecular formula is C93H129N23O27S. The number of carbonyl (C=O) groups is 23. The van der Waals surface area contributed by atoms with Crippen molar-refractivity contribution in [3.8, 4) is 5.75 Å². The number of aromatic amines is 1. The summed E-state index contributed by atoms with van der Waals surface area (Å²) in [6.45, 7) is 4.81. The van der Waals surface area contributed by atoms with Gasteiger partial charge in [-0.1, -0.05) is 127 Å². The fraction of sp³-hybridized carbons (Fsp3) is 0.527. The van der Waals surface area contributed by atoms with Crippen molar-refractivity contribution in [1.82, 2.24) is 110 Å². The number of fused-ring (bicyclic) bond motifs is 1. The number of carboxylic acids is 2. The van der Waals surface area contributed by atoms with Gasteiger partial charge >= 0.3 is 11.9 Å². The van der Waals surface area contributed by atoms with Crippen LogP contribution in [-0.2, 0) is 136 Å². The van der Waals surface area contributed by atoms with E-state index in [1.54, 1.807) is 94.6 Å². The number of thioether (sulfide) groups is 1. The Morgan fingerprint density at radius 2 is 1.01 bits per heavy atom. The number of aliphatic hydroxyl groups is 1. The second kappa shape index (κ2) is 57.6. The van der Waals surface area contributed by atoms with Gasteiger partial charge in [-0.3, -0.25) is 110 Å². The maximum Gasteiger partial charge on any atom is 0.322 e. The van der Waals surface area contributed by atoms with Gasteiger partial charge in [0, 0.05) is 51.4 Å². The molecule has 0 saturated carbocycles. The highest BCUT2D eigenvalue weighted by atomic mass is 32.2. The molecule has 4 heterocycles. The van der Waals surface area contributed by atoms with Crippen LogP contribution in [0.5, 0.6) is 5.75 Å². The van der Waals surface area contributed by atoms with Crippen LogP contribution in [0.2, 0.25) is 0 Å². The molecule has 0 bridgehead atoms. The number of aliphatic hydroxyl groups excluding tert-OH is 1. The van der Waals surface area contributed by atoms with Crippen LogP contribution in [0.4, 0.5) is 0 Å². The quantitative estimate of drug-likeness (QED) is 0.0195. The number of nitrogens with one attached hydrogen (secondary N) is 18. The molecule has 0 unspecified atom stereocenters. The smallest absolute Gasteiger partial charge is 0.322 e. The van der Waals surface area contributed by atoms with E-state index >= 15 is 24.0 Å². The summed E-state index contributed by atoms with van der Waals surface area (Å²) in [6, 6.07) is -2.89. The number of carbonyl (C=O) groups excluding carboxylic acids is 21. The van der Waals surface area contributed by atoms with E-state index in [4.69, 9.17) is 11.5 Å². The standard InChI is InChI=1S/C93H129N23O27S/c1-8-49(5)77-91(141)103-56(28-29-70(121)97-42-71(122)102-65(46-117)87(137)109-63(40-74(125)126)81(131)99-44-73(124)115-31-16-22-66(115)89(139)113-78(50(6)9-2)92(142)114-77)82(132)106-59(34-51-18-12-10-13-19-51)84(134)107-60(35-52-20-14-11-15-21-52)85(135)111-64(39-69(95)120)93(143)116-32-17-23-67(116)88(138)110-62(38-68(94)119)80(130)98-43-72(123)112-76(48(3)4)90(140)104-57(30-33-144-7)83(133)108-61(37-54-41-96-47-101-54)86(136)105-58(79(129)100-45-75(127)128)36-53-24-26-55(118)27-25-53/h10-15,18-21,24-27,41,47-50,56-67,76-78,117-118H,8-9,16-17,22-23,28-40,42-46H2,1-7H3,(H2,94,119)(H2,95,120)(H,96,101)(H,97,121)(H,98,130)(H,99,131)(H,100,129)(H,102,122)(H,103,141)(H,104,140)(H,105,136)(H,106,132)(H,107,134)(H,108,133)(H,109,137)(H,110,138)(H,111,135)(H,112,123)(H,113,139)(H,114,142)(H,125,126)(H,127,128)/t49-,50+,56-,57+,58+,59+,60-,61-,62-,63-,64+,65+,66-,67-,76-,77+,78-/m0/s1. The van der Waals surface area contributed by atoms with Crippen molar-refractivity contribution in [2.75, 3.05) is 57.9 Å². The molecule has 0 aliphatic carbocycles. The Balaban J connectivity index is 1.09. The number of likely N-dealkylation sites (tertiary alicyclic amines) is 1. The number of phenols is 1. The summed E-state index contributed by atoms with van der Waals surface area (Å²) in [5.41, 5.74) is 12.8. The van der Waals surface area contributed by atoms with Crippen LogP contribution in [0.25, 0.3) is 0 Å². The zero-order valence-corrected chi connectivity index (χ0v) is 81.5. The fourth-order valence-corrected chi connectivity index (χ4v) is 16.3. The van der Waals surface area contributed by atoms with E-state index in [-0.39, 0.29) is 101 Å². The van der Waals surface area contributed by atoms with Crippen LogP contribution in [-0.4, -0.2) is 325 Å². The van der Waals surface area contributed by atoms with Crippen molar-refractivity contribution in [2.24, 2.45) is 29.2 Å². The minimum atomic E-state index is -1.93. The number of aromatic hydroxyl groups is 1. The second-order valence-electron chi connectivity index (χ2n) is 35.4. The third-order valence-electron chi connectivity index (χ3n) is 24.1. The Bertz CT molecular complexity index is 5220. The number of primary amides is 2. The SMILES string of the molecule is CC[C@@H](C)[C@@H]1NC(=O)[C@@H]2CCCN2C(=O)CNC(=O)[C@H](CC(=O)O)NC(=O)[C@@H](CO)NC(=O)CNC(=O)CC[C@@H](C(=O)N[C@H](Cc2ccccc2)C(=O)N[C@@H](Cc2ccccc2)C(=O)N[C@H](CC(N)=O)C(=O)N2CCC[C@H]2C(=O)N[C@@H](CC(N)=O)C(=O)NCC(=O)N[C@H](C(=O)N[C@H](CCSC)C(=O)N[C@@H](Cc2c[nH]cn2)C(=O)N[C@H](Cc2ccc(O)cc2)C(=O)NCC(=O)O)C(C)C)NC(=O)[C@@H]([C@@H](C)CC)NC1=O. The van der Waals surface area contributed by atoms with E-state index in [2.05, 4.69) is 100 Å². The zero-order chi connectivity index (χ0) is 106. The molecule has 3 aromatic carbocycles. The van der Waals surface area contributed by atoms with Crippen LogP contribution >= 0.6 is 11.8 Å². The molecule has 784 valence electrons. The van der Waals surface area contributed by atoms with Crippen molar-refractivity contribution in [3.63, 3.8) is 0 Å². The second-order valence-corrected chi connectivity index (χ2v) is 36.4. The van der Waals surface area contributed by atoms with Crippen LogP contribution in [0, 0.1) is 17.8 Å². The number of imidazole rings is 1. The lowest BCUT2D eigenvalue weighted by Crippen LogP contribution is -2.62. The van der Waals surface area contributed by atoms with Crippen LogP contribution in [0.3, 0.4) is 0 Å². The van der Waals surface area contributed by atoms with Gasteiger partial charge in [-0.2, -0.15) is 11.8 Å². The van der Waals surface area contributed by atoms with E-state index < -0.39 is 309 Å². The zero-order valence-electron chi connectivity index (χ0n) is 80.7. The van der Waals surface area contributed by atoms with E-state index in [0.717, 1.165) is 9.80 Å². The van der Waals surface area contributed by atoms with Crippen LogP contribution in [0.1, 0.15) is 141 Å². The molecule has 3 aliphatic heterocycles. The van der Waals surface area contributed by atoms with Crippen molar-refractivity contribution in [2.45, 2.75) is 235 Å². The van der Waals surface area contributed by atoms with Crippen LogP contribution in [0.15, 0.2) is 97.5 Å². The largest absolute Gasteiger partial charge is 0.508 e. The molecule has 0 spiro atoms. The number of H-pyrrole nitrogens is 1. The highest BCUT2D eigenvalue weighted by Gasteiger charge is 2.45. The van der Waals surface area contributed by atoms with Gasteiger partial charge in [0.05, 0.1) is 57.5 Å². The van der Waals surface area contributed by atoms with Gasteiger partial charge in [0.2, 0.25) is 124 Å². The molecule has 17 atom stereocenters. The molecule has 7 rings (SSSR count).